The highest BCUT2D eigenvalue weighted by Crippen LogP contribution is 2.46. The van der Waals surface area contributed by atoms with Crippen molar-refractivity contribution < 1.29 is 28.2 Å². The Balaban J connectivity index is 1.49. The van der Waals surface area contributed by atoms with Crippen molar-refractivity contribution in [2.24, 2.45) is 0 Å². The van der Waals surface area contributed by atoms with Crippen LogP contribution in [0, 0.1) is 5.82 Å². The standard InChI is InChI=1S/C29H30FNO5/c1-17-26(29(33)36-16-23-4-3-13-35-23)27(19-7-11-22(34-2)12-8-19)28-24(31-17)14-20(15-25(28)32)18-5-9-21(30)10-6-18/h5-12,20,23,27,31H,3-4,13-16H2,1-2H3. The molecule has 5 rings (SSSR count). The van der Waals surface area contributed by atoms with Crippen molar-refractivity contribution in [2.75, 3.05) is 20.3 Å². The Kier molecular flexibility index (Phi) is 6.92. The fourth-order valence-electron chi connectivity index (χ4n) is 5.43. The van der Waals surface area contributed by atoms with Gasteiger partial charge < -0.3 is 19.5 Å². The van der Waals surface area contributed by atoms with E-state index in [0.29, 0.717) is 35.6 Å². The summed E-state index contributed by atoms with van der Waals surface area (Å²) in [6, 6.07) is 13.8. The minimum atomic E-state index is -0.550. The van der Waals surface area contributed by atoms with Crippen LogP contribution in [0.2, 0.25) is 0 Å². The van der Waals surface area contributed by atoms with Gasteiger partial charge in [0.15, 0.2) is 5.78 Å². The maximum Gasteiger partial charge on any atom is 0.336 e. The number of esters is 1. The lowest BCUT2D eigenvalue weighted by atomic mass is 9.71. The number of halogens is 1. The number of hydrogen-bond donors (Lipinski definition) is 1. The van der Waals surface area contributed by atoms with Gasteiger partial charge in [-0.3, -0.25) is 4.79 Å². The van der Waals surface area contributed by atoms with Gasteiger partial charge in [-0.15, -0.1) is 0 Å². The first-order chi connectivity index (χ1) is 17.4. The van der Waals surface area contributed by atoms with Gasteiger partial charge in [0.2, 0.25) is 0 Å². The fourth-order valence-corrected chi connectivity index (χ4v) is 5.43. The molecule has 0 spiro atoms. The second-order valence-electron chi connectivity index (χ2n) is 9.58. The minimum absolute atomic E-state index is 0.0316. The molecule has 2 aliphatic heterocycles. The molecular weight excluding hydrogens is 461 g/mol. The predicted molar refractivity (Wildman–Crippen MR) is 132 cm³/mol. The van der Waals surface area contributed by atoms with Gasteiger partial charge in [0.1, 0.15) is 18.2 Å². The second-order valence-corrected chi connectivity index (χ2v) is 9.58. The number of Topliss-reactive ketones (excluding diaryl/α,β-unsaturated/α-hetero) is 1. The minimum Gasteiger partial charge on any atom is -0.497 e. The Morgan fingerprint density at radius 3 is 2.47 bits per heavy atom. The maximum absolute atomic E-state index is 13.6. The van der Waals surface area contributed by atoms with E-state index in [2.05, 4.69) is 5.32 Å². The summed E-state index contributed by atoms with van der Waals surface area (Å²) in [5.74, 6) is -0.711. The van der Waals surface area contributed by atoms with Crippen LogP contribution < -0.4 is 10.1 Å². The highest BCUT2D eigenvalue weighted by atomic mass is 19.1. The fraction of sp³-hybridized carbons (Fsp3) is 0.379. The number of rotatable bonds is 6. The SMILES string of the molecule is COc1ccc(C2C(C(=O)OCC3CCCO3)=C(C)NC3=C2C(=O)CC(c2ccc(F)cc2)C3)cc1. The average Bonchev–Trinajstić information content (AvgIpc) is 3.40. The highest BCUT2D eigenvalue weighted by molar-refractivity contribution is 6.04. The number of ether oxygens (including phenoxy) is 3. The van der Waals surface area contributed by atoms with Crippen molar-refractivity contribution in [1.29, 1.82) is 0 Å². The summed E-state index contributed by atoms with van der Waals surface area (Å²) in [6.07, 6.45) is 2.61. The van der Waals surface area contributed by atoms with Crippen LogP contribution in [0.25, 0.3) is 0 Å². The average molecular weight is 492 g/mol. The van der Waals surface area contributed by atoms with Crippen molar-refractivity contribution in [3.63, 3.8) is 0 Å². The van der Waals surface area contributed by atoms with Gasteiger partial charge in [-0.05, 0) is 67.5 Å². The molecule has 0 aromatic heterocycles. The molecule has 3 unspecified atom stereocenters. The molecule has 0 radical (unpaired) electrons. The summed E-state index contributed by atoms with van der Waals surface area (Å²) in [7, 11) is 1.60. The Bertz CT molecular complexity index is 1210. The lowest BCUT2D eigenvalue weighted by Gasteiger charge is -2.36. The van der Waals surface area contributed by atoms with Crippen LogP contribution >= 0.6 is 0 Å². The van der Waals surface area contributed by atoms with Crippen LogP contribution in [-0.2, 0) is 19.1 Å². The second kappa shape index (κ2) is 10.3. The number of dihydropyridines is 1. The molecule has 2 heterocycles. The first-order valence-corrected chi connectivity index (χ1v) is 12.4. The first-order valence-electron chi connectivity index (χ1n) is 12.4. The number of methoxy groups -OCH3 is 1. The Hall–Kier alpha value is -3.45. The largest absolute Gasteiger partial charge is 0.497 e. The van der Waals surface area contributed by atoms with E-state index in [1.807, 2.05) is 31.2 Å². The van der Waals surface area contributed by atoms with Crippen LogP contribution in [0.3, 0.4) is 0 Å². The number of carbonyl (C=O) groups excluding carboxylic acids is 2. The Morgan fingerprint density at radius 1 is 1.08 bits per heavy atom. The molecule has 2 aromatic rings. The van der Waals surface area contributed by atoms with E-state index < -0.39 is 11.9 Å². The summed E-state index contributed by atoms with van der Waals surface area (Å²) >= 11 is 0. The number of allylic oxidation sites excluding steroid dienone is 3. The molecule has 188 valence electrons. The zero-order valence-electron chi connectivity index (χ0n) is 20.5. The first kappa shape index (κ1) is 24.3. The quantitative estimate of drug-likeness (QED) is 0.579. The van der Waals surface area contributed by atoms with Gasteiger partial charge in [0.05, 0.1) is 18.8 Å². The van der Waals surface area contributed by atoms with Gasteiger partial charge in [-0.25, -0.2) is 9.18 Å². The van der Waals surface area contributed by atoms with E-state index in [1.165, 1.54) is 12.1 Å². The third kappa shape index (κ3) is 4.80. The Labute approximate surface area is 210 Å². The lowest BCUT2D eigenvalue weighted by molar-refractivity contribution is -0.142. The molecule has 0 amide bonds. The summed E-state index contributed by atoms with van der Waals surface area (Å²) in [6.45, 7) is 2.71. The van der Waals surface area contributed by atoms with E-state index in [4.69, 9.17) is 14.2 Å². The van der Waals surface area contributed by atoms with Crippen LogP contribution in [-0.4, -0.2) is 38.2 Å². The van der Waals surface area contributed by atoms with Crippen molar-refractivity contribution in [1.82, 2.24) is 5.32 Å². The zero-order chi connectivity index (χ0) is 25.2. The molecule has 0 bridgehead atoms. The third-order valence-electron chi connectivity index (χ3n) is 7.26. The predicted octanol–water partition coefficient (Wildman–Crippen LogP) is 4.92. The van der Waals surface area contributed by atoms with E-state index in [-0.39, 0.29) is 36.7 Å². The van der Waals surface area contributed by atoms with Crippen molar-refractivity contribution in [3.8, 4) is 5.75 Å². The van der Waals surface area contributed by atoms with E-state index in [1.54, 1.807) is 19.2 Å². The number of ketones is 1. The molecule has 1 saturated heterocycles. The van der Waals surface area contributed by atoms with Crippen LogP contribution in [0.1, 0.15) is 55.6 Å². The smallest absolute Gasteiger partial charge is 0.336 e. The molecule has 0 saturated carbocycles. The van der Waals surface area contributed by atoms with Crippen LogP contribution in [0.4, 0.5) is 4.39 Å². The molecule has 1 N–H and O–H groups in total. The summed E-state index contributed by atoms with van der Waals surface area (Å²) in [5, 5.41) is 3.35. The normalized spacial score (nSPS) is 23.9. The monoisotopic (exact) mass is 491 g/mol. The Morgan fingerprint density at radius 2 is 1.81 bits per heavy atom. The summed E-state index contributed by atoms with van der Waals surface area (Å²) in [4.78, 5) is 27.0. The van der Waals surface area contributed by atoms with Crippen LogP contribution in [0.15, 0.2) is 71.1 Å². The molecule has 2 aromatic carbocycles. The van der Waals surface area contributed by atoms with Crippen molar-refractivity contribution in [2.45, 2.75) is 50.5 Å². The molecule has 1 aliphatic carbocycles. The lowest BCUT2D eigenvalue weighted by Crippen LogP contribution is -2.36. The summed E-state index contributed by atoms with van der Waals surface area (Å²) in [5.41, 5.74) is 4.23. The van der Waals surface area contributed by atoms with Crippen molar-refractivity contribution in [3.05, 3.63) is 88.0 Å². The number of hydrogen-bond acceptors (Lipinski definition) is 6. The topological polar surface area (TPSA) is 73.9 Å². The molecule has 6 nitrogen and oxygen atoms in total. The van der Waals surface area contributed by atoms with Gasteiger partial charge >= 0.3 is 5.97 Å². The number of benzene rings is 2. The highest BCUT2D eigenvalue weighted by Gasteiger charge is 2.41. The third-order valence-corrected chi connectivity index (χ3v) is 7.26. The summed E-state index contributed by atoms with van der Waals surface area (Å²) < 4.78 is 30.1. The van der Waals surface area contributed by atoms with E-state index in [9.17, 15) is 14.0 Å². The van der Waals surface area contributed by atoms with Crippen molar-refractivity contribution >= 4 is 11.8 Å². The molecular formula is C29H30FNO5. The molecule has 36 heavy (non-hydrogen) atoms. The van der Waals surface area contributed by atoms with Gasteiger partial charge in [-0.1, -0.05) is 24.3 Å². The number of carbonyl (C=O) groups is 2. The molecule has 3 atom stereocenters. The number of nitrogens with one attached hydrogen (secondary N) is 1. The maximum atomic E-state index is 13.6. The molecule has 1 fully saturated rings. The zero-order valence-corrected chi connectivity index (χ0v) is 20.5. The molecule has 3 aliphatic rings. The van der Waals surface area contributed by atoms with Gasteiger partial charge in [0, 0.05) is 35.9 Å². The van der Waals surface area contributed by atoms with Gasteiger partial charge in [0.25, 0.3) is 0 Å². The molecule has 7 heteroatoms. The van der Waals surface area contributed by atoms with Gasteiger partial charge in [-0.2, -0.15) is 0 Å². The van der Waals surface area contributed by atoms with E-state index in [0.717, 1.165) is 29.7 Å². The van der Waals surface area contributed by atoms with E-state index >= 15 is 0 Å². The van der Waals surface area contributed by atoms with Crippen LogP contribution in [0.5, 0.6) is 5.75 Å².